The number of esters is 1. The van der Waals surface area contributed by atoms with Crippen LogP contribution in [0.5, 0.6) is 0 Å². The Labute approximate surface area is 174 Å². The van der Waals surface area contributed by atoms with E-state index in [1.54, 1.807) is 31.2 Å². The number of benzene rings is 1. The fourth-order valence-corrected chi connectivity index (χ4v) is 4.13. The largest absolute Gasteiger partial charge is 0.465 e. The van der Waals surface area contributed by atoms with E-state index in [9.17, 15) is 25.2 Å². The second-order valence-corrected chi connectivity index (χ2v) is 7.33. The van der Waals surface area contributed by atoms with E-state index in [2.05, 4.69) is 17.5 Å². The fourth-order valence-electron chi connectivity index (χ4n) is 4.13. The average Bonchev–Trinajstić information content (AvgIpc) is 2.77. The Balaban J connectivity index is 2.10. The SMILES string of the molecule is COC(=O)c1cccc(C2C(C#N)=C(C)NC(C3CCCN(C(=O)O)C3)=C2C#N)c1. The number of nitriles is 2. The molecule has 1 aromatic carbocycles. The standard InChI is InChI=1S/C22H22N4O4/c1-13-17(10-23)19(14-5-3-6-15(9-14)21(27)30-2)18(11-24)20(25-13)16-7-4-8-26(12-16)22(28)29/h3,5-6,9,16,19,25H,4,7-8,12H2,1-2H3,(H,28,29). The molecule has 2 aliphatic rings. The summed E-state index contributed by atoms with van der Waals surface area (Å²) in [4.78, 5) is 24.8. The number of likely N-dealkylation sites (tertiary alicyclic amines) is 1. The second kappa shape index (κ2) is 8.71. The van der Waals surface area contributed by atoms with E-state index in [0.29, 0.717) is 46.6 Å². The molecule has 1 saturated heterocycles. The number of hydrogen-bond acceptors (Lipinski definition) is 6. The monoisotopic (exact) mass is 406 g/mol. The molecular weight excluding hydrogens is 384 g/mol. The van der Waals surface area contributed by atoms with Crippen molar-refractivity contribution in [1.29, 1.82) is 10.5 Å². The molecule has 2 unspecified atom stereocenters. The molecule has 2 aliphatic heterocycles. The maximum Gasteiger partial charge on any atom is 0.407 e. The van der Waals surface area contributed by atoms with Gasteiger partial charge in [0.05, 0.1) is 41.9 Å². The highest BCUT2D eigenvalue weighted by Crippen LogP contribution is 2.40. The van der Waals surface area contributed by atoms with Gasteiger partial charge in [-0.3, -0.25) is 0 Å². The van der Waals surface area contributed by atoms with Gasteiger partial charge in [0.15, 0.2) is 0 Å². The smallest absolute Gasteiger partial charge is 0.407 e. The summed E-state index contributed by atoms with van der Waals surface area (Å²) < 4.78 is 4.79. The van der Waals surface area contributed by atoms with Gasteiger partial charge in [-0.05, 0) is 37.5 Å². The zero-order valence-corrected chi connectivity index (χ0v) is 16.8. The molecule has 154 valence electrons. The van der Waals surface area contributed by atoms with E-state index >= 15 is 0 Å². The van der Waals surface area contributed by atoms with Crippen LogP contribution in [0.15, 0.2) is 46.8 Å². The van der Waals surface area contributed by atoms with Gasteiger partial charge in [0.2, 0.25) is 0 Å². The first-order chi connectivity index (χ1) is 14.4. The Hall–Kier alpha value is -3.78. The molecule has 0 spiro atoms. The molecule has 30 heavy (non-hydrogen) atoms. The number of allylic oxidation sites excluding steroid dienone is 3. The van der Waals surface area contributed by atoms with Gasteiger partial charge in [-0.15, -0.1) is 0 Å². The van der Waals surface area contributed by atoms with Gasteiger partial charge in [-0.2, -0.15) is 10.5 Å². The number of carbonyl (C=O) groups is 2. The molecule has 8 nitrogen and oxygen atoms in total. The minimum atomic E-state index is -0.984. The molecule has 0 bridgehead atoms. The zero-order valence-electron chi connectivity index (χ0n) is 16.8. The van der Waals surface area contributed by atoms with Crippen LogP contribution in [-0.2, 0) is 4.74 Å². The predicted octanol–water partition coefficient (Wildman–Crippen LogP) is 3.13. The summed E-state index contributed by atoms with van der Waals surface area (Å²) in [6, 6.07) is 11.1. The van der Waals surface area contributed by atoms with E-state index in [0.717, 1.165) is 6.42 Å². The topological polar surface area (TPSA) is 126 Å². The lowest BCUT2D eigenvalue weighted by Gasteiger charge is -2.36. The van der Waals surface area contributed by atoms with E-state index in [-0.39, 0.29) is 12.5 Å². The van der Waals surface area contributed by atoms with Crippen LogP contribution in [0.3, 0.4) is 0 Å². The van der Waals surface area contributed by atoms with E-state index in [1.165, 1.54) is 12.0 Å². The van der Waals surface area contributed by atoms with Gasteiger partial charge in [-0.1, -0.05) is 12.1 Å². The van der Waals surface area contributed by atoms with Gasteiger partial charge in [0, 0.05) is 30.4 Å². The number of hydrogen-bond donors (Lipinski definition) is 2. The van der Waals surface area contributed by atoms with Crippen molar-refractivity contribution in [1.82, 2.24) is 10.2 Å². The van der Waals surface area contributed by atoms with Crippen molar-refractivity contribution in [2.45, 2.75) is 25.7 Å². The highest BCUT2D eigenvalue weighted by atomic mass is 16.5. The normalized spacial score (nSPS) is 21.4. The molecule has 2 atom stereocenters. The zero-order chi connectivity index (χ0) is 21.8. The van der Waals surface area contributed by atoms with Gasteiger partial charge in [0.1, 0.15) is 0 Å². The number of rotatable bonds is 3. The first-order valence-corrected chi connectivity index (χ1v) is 9.59. The molecule has 1 aromatic rings. The van der Waals surface area contributed by atoms with E-state index in [4.69, 9.17) is 4.74 Å². The molecule has 0 aromatic heterocycles. The van der Waals surface area contributed by atoms with Crippen molar-refractivity contribution in [3.8, 4) is 12.1 Å². The number of nitrogens with one attached hydrogen (secondary N) is 1. The maximum absolute atomic E-state index is 12.0. The molecule has 0 saturated carbocycles. The first kappa shape index (κ1) is 20.9. The number of dihydropyridines is 1. The van der Waals surface area contributed by atoms with Crippen molar-refractivity contribution in [2.75, 3.05) is 20.2 Å². The minimum absolute atomic E-state index is 0.175. The average molecular weight is 406 g/mol. The van der Waals surface area contributed by atoms with Gasteiger partial charge in [0.25, 0.3) is 0 Å². The van der Waals surface area contributed by atoms with Crippen LogP contribution in [0, 0.1) is 28.6 Å². The van der Waals surface area contributed by atoms with Gasteiger partial charge in [-0.25, -0.2) is 9.59 Å². The van der Waals surface area contributed by atoms with Crippen LogP contribution in [0.1, 0.15) is 41.6 Å². The van der Waals surface area contributed by atoms with Crippen molar-refractivity contribution >= 4 is 12.1 Å². The number of piperidine rings is 1. The molecule has 0 aliphatic carbocycles. The summed E-state index contributed by atoms with van der Waals surface area (Å²) in [5.41, 5.74) is 2.99. The van der Waals surface area contributed by atoms with Crippen molar-refractivity contribution in [2.24, 2.45) is 5.92 Å². The number of carbonyl (C=O) groups excluding carboxylic acids is 1. The quantitative estimate of drug-likeness (QED) is 0.738. The summed E-state index contributed by atoms with van der Waals surface area (Å²) in [7, 11) is 1.29. The van der Waals surface area contributed by atoms with E-state index < -0.39 is 18.0 Å². The Kier molecular flexibility index (Phi) is 6.08. The third-order valence-electron chi connectivity index (χ3n) is 5.58. The van der Waals surface area contributed by atoms with Crippen LogP contribution < -0.4 is 5.32 Å². The summed E-state index contributed by atoms with van der Waals surface area (Å²) >= 11 is 0. The molecule has 3 rings (SSSR count). The van der Waals surface area contributed by atoms with Crippen molar-refractivity contribution in [3.05, 3.63) is 57.9 Å². The summed E-state index contributed by atoms with van der Waals surface area (Å²) in [5, 5.41) is 32.4. The van der Waals surface area contributed by atoms with Crippen molar-refractivity contribution < 1.29 is 19.4 Å². The third kappa shape index (κ3) is 3.85. The minimum Gasteiger partial charge on any atom is -0.465 e. The second-order valence-electron chi connectivity index (χ2n) is 7.33. The predicted molar refractivity (Wildman–Crippen MR) is 107 cm³/mol. The molecule has 8 heteroatoms. The van der Waals surface area contributed by atoms with E-state index in [1.807, 2.05) is 0 Å². The lowest BCUT2D eigenvalue weighted by Crippen LogP contribution is -2.42. The lowest BCUT2D eigenvalue weighted by molar-refractivity contribution is 0.0600. The molecule has 0 radical (unpaired) electrons. The van der Waals surface area contributed by atoms with Crippen LogP contribution in [0.25, 0.3) is 0 Å². The first-order valence-electron chi connectivity index (χ1n) is 9.59. The molecule has 1 amide bonds. The number of amides is 1. The summed E-state index contributed by atoms with van der Waals surface area (Å²) in [5.74, 6) is -1.32. The van der Waals surface area contributed by atoms with Gasteiger partial charge < -0.3 is 20.1 Å². The van der Waals surface area contributed by atoms with Crippen LogP contribution in [-0.4, -0.2) is 42.3 Å². The van der Waals surface area contributed by atoms with Crippen LogP contribution >= 0.6 is 0 Å². The Bertz CT molecular complexity index is 1030. The molecule has 2 heterocycles. The number of nitrogens with zero attached hydrogens (tertiary/aromatic N) is 3. The Morgan fingerprint density at radius 3 is 2.63 bits per heavy atom. The Morgan fingerprint density at radius 1 is 1.27 bits per heavy atom. The lowest BCUT2D eigenvalue weighted by atomic mass is 9.78. The van der Waals surface area contributed by atoms with Crippen LogP contribution in [0.4, 0.5) is 4.79 Å². The van der Waals surface area contributed by atoms with Crippen LogP contribution in [0.2, 0.25) is 0 Å². The van der Waals surface area contributed by atoms with Crippen molar-refractivity contribution in [3.63, 3.8) is 0 Å². The third-order valence-corrected chi connectivity index (χ3v) is 5.58. The number of methoxy groups -OCH3 is 1. The highest BCUT2D eigenvalue weighted by Gasteiger charge is 2.36. The fraction of sp³-hybridized carbons (Fsp3) is 0.364. The maximum atomic E-state index is 12.0. The number of ether oxygens (including phenoxy) is 1. The van der Waals surface area contributed by atoms with Gasteiger partial charge >= 0.3 is 12.1 Å². The summed E-state index contributed by atoms with van der Waals surface area (Å²) in [6.07, 6.45) is 0.445. The highest BCUT2D eigenvalue weighted by molar-refractivity contribution is 5.89. The Morgan fingerprint density at radius 2 is 2.00 bits per heavy atom. The number of carboxylic acid groups (broad SMARTS) is 1. The molecule has 1 fully saturated rings. The molecular formula is C22H22N4O4. The summed E-state index contributed by atoms with van der Waals surface area (Å²) in [6.45, 7) is 2.51. The molecule has 2 N–H and O–H groups in total.